The molecule has 0 aromatic heterocycles. The van der Waals surface area contributed by atoms with E-state index in [0.29, 0.717) is 16.8 Å². The minimum Gasteiger partial charge on any atom is -0.369 e. The molecule has 0 spiro atoms. The van der Waals surface area contributed by atoms with Crippen LogP contribution in [-0.4, -0.2) is 48.8 Å². The number of piperazine rings is 1. The molecule has 26 heavy (non-hydrogen) atoms. The van der Waals surface area contributed by atoms with Crippen LogP contribution in [0.3, 0.4) is 0 Å². The van der Waals surface area contributed by atoms with Crippen molar-refractivity contribution >= 4 is 28.7 Å². The molecule has 2 aromatic rings. The largest absolute Gasteiger partial charge is 0.369 e. The van der Waals surface area contributed by atoms with Gasteiger partial charge < -0.3 is 15.5 Å². The SMILES string of the molecule is CC(CNC(=S)Nc1ccccc1F)N1CCN(c2ccccc2)CC1. The molecule has 0 amide bonds. The van der Waals surface area contributed by atoms with Gasteiger partial charge in [-0.05, 0) is 43.4 Å². The summed E-state index contributed by atoms with van der Waals surface area (Å²) in [6.07, 6.45) is 0. The van der Waals surface area contributed by atoms with Crippen molar-refractivity contribution < 1.29 is 4.39 Å². The highest BCUT2D eigenvalue weighted by atomic mass is 32.1. The van der Waals surface area contributed by atoms with E-state index in [1.807, 2.05) is 6.07 Å². The highest BCUT2D eigenvalue weighted by Gasteiger charge is 2.21. The van der Waals surface area contributed by atoms with E-state index in [-0.39, 0.29) is 5.82 Å². The highest BCUT2D eigenvalue weighted by Crippen LogP contribution is 2.16. The summed E-state index contributed by atoms with van der Waals surface area (Å²) in [5, 5.41) is 6.56. The van der Waals surface area contributed by atoms with Crippen LogP contribution in [0.1, 0.15) is 6.92 Å². The van der Waals surface area contributed by atoms with Crippen molar-refractivity contribution in [2.75, 3.05) is 42.9 Å². The number of halogens is 1. The summed E-state index contributed by atoms with van der Waals surface area (Å²) in [5.74, 6) is -0.304. The first-order valence-corrected chi connectivity index (χ1v) is 9.38. The van der Waals surface area contributed by atoms with E-state index < -0.39 is 0 Å². The second-order valence-corrected chi connectivity index (χ2v) is 6.93. The quantitative estimate of drug-likeness (QED) is 0.787. The predicted octanol–water partition coefficient (Wildman–Crippen LogP) is 3.32. The summed E-state index contributed by atoms with van der Waals surface area (Å²) in [7, 11) is 0. The molecule has 3 rings (SSSR count). The Morgan fingerprint density at radius 1 is 1.04 bits per heavy atom. The average molecular weight is 373 g/mol. The van der Waals surface area contributed by atoms with Crippen molar-refractivity contribution in [2.45, 2.75) is 13.0 Å². The lowest BCUT2D eigenvalue weighted by molar-refractivity contribution is 0.198. The van der Waals surface area contributed by atoms with E-state index >= 15 is 0 Å². The Kier molecular flexibility index (Phi) is 6.41. The highest BCUT2D eigenvalue weighted by molar-refractivity contribution is 7.80. The van der Waals surface area contributed by atoms with Crippen molar-refractivity contribution in [2.24, 2.45) is 0 Å². The lowest BCUT2D eigenvalue weighted by Crippen LogP contribution is -2.52. The van der Waals surface area contributed by atoms with Gasteiger partial charge in [0, 0.05) is 44.5 Å². The Bertz CT molecular complexity index is 717. The molecule has 1 aliphatic rings. The third-order valence-corrected chi connectivity index (χ3v) is 4.99. The summed E-state index contributed by atoms with van der Waals surface area (Å²) in [6, 6.07) is 17.4. The van der Waals surface area contributed by atoms with Crippen molar-refractivity contribution in [3.63, 3.8) is 0 Å². The van der Waals surface area contributed by atoms with E-state index in [1.165, 1.54) is 11.8 Å². The maximum Gasteiger partial charge on any atom is 0.170 e. The Hall–Kier alpha value is -2.18. The maximum absolute atomic E-state index is 13.7. The zero-order valence-electron chi connectivity index (χ0n) is 15.0. The molecule has 4 nitrogen and oxygen atoms in total. The second kappa shape index (κ2) is 8.96. The number of nitrogens with zero attached hydrogens (tertiary/aromatic N) is 2. The smallest absolute Gasteiger partial charge is 0.170 e. The fourth-order valence-corrected chi connectivity index (χ4v) is 3.35. The lowest BCUT2D eigenvalue weighted by Gasteiger charge is -2.39. The molecule has 0 bridgehead atoms. The number of benzene rings is 2. The number of para-hydroxylation sites is 2. The van der Waals surface area contributed by atoms with Crippen LogP contribution in [0.15, 0.2) is 54.6 Å². The molecule has 2 N–H and O–H groups in total. The molecule has 1 heterocycles. The minimum atomic E-state index is -0.304. The van der Waals surface area contributed by atoms with Crippen LogP contribution in [0.4, 0.5) is 15.8 Å². The van der Waals surface area contributed by atoms with Crippen molar-refractivity contribution in [3.8, 4) is 0 Å². The fourth-order valence-electron chi connectivity index (χ4n) is 3.16. The molecular weight excluding hydrogens is 347 g/mol. The van der Waals surface area contributed by atoms with Gasteiger partial charge in [0.2, 0.25) is 0 Å². The van der Waals surface area contributed by atoms with Gasteiger partial charge in [0.05, 0.1) is 5.69 Å². The van der Waals surface area contributed by atoms with Crippen molar-refractivity contribution in [1.29, 1.82) is 0 Å². The topological polar surface area (TPSA) is 30.5 Å². The van der Waals surface area contributed by atoms with E-state index in [9.17, 15) is 4.39 Å². The van der Waals surface area contributed by atoms with Gasteiger partial charge in [-0.15, -0.1) is 0 Å². The van der Waals surface area contributed by atoms with Crippen molar-refractivity contribution in [3.05, 3.63) is 60.4 Å². The Morgan fingerprint density at radius 3 is 2.38 bits per heavy atom. The lowest BCUT2D eigenvalue weighted by atomic mass is 10.2. The van der Waals surface area contributed by atoms with Crippen LogP contribution in [0, 0.1) is 5.82 Å². The molecule has 1 fully saturated rings. The summed E-state index contributed by atoms with van der Waals surface area (Å²) in [6.45, 7) is 7.00. The van der Waals surface area contributed by atoms with Crippen LogP contribution >= 0.6 is 12.2 Å². The van der Waals surface area contributed by atoms with Crippen LogP contribution < -0.4 is 15.5 Å². The van der Waals surface area contributed by atoms with Gasteiger partial charge in [-0.3, -0.25) is 4.90 Å². The monoisotopic (exact) mass is 372 g/mol. The summed E-state index contributed by atoms with van der Waals surface area (Å²) in [5.41, 5.74) is 1.68. The predicted molar refractivity (Wildman–Crippen MR) is 110 cm³/mol. The molecule has 1 aliphatic heterocycles. The van der Waals surface area contributed by atoms with Gasteiger partial charge in [0.1, 0.15) is 5.82 Å². The van der Waals surface area contributed by atoms with Crippen LogP contribution in [-0.2, 0) is 0 Å². The van der Waals surface area contributed by atoms with E-state index in [1.54, 1.807) is 18.2 Å². The zero-order chi connectivity index (χ0) is 18.4. The number of rotatable bonds is 5. The third-order valence-electron chi connectivity index (χ3n) is 4.74. The standard InChI is InChI=1S/C20H25FN4S/c1-16(15-22-20(26)23-19-10-6-5-9-18(19)21)24-11-13-25(14-12-24)17-7-3-2-4-8-17/h2-10,16H,11-15H2,1H3,(H2,22,23,26). The zero-order valence-corrected chi connectivity index (χ0v) is 15.8. The number of hydrogen-bond acceptors (Lipinski definition) is 3. The van der Waals surface area contributed by atoms with Crippen LogP contribution in [0.25, 0.3) is 0 Å². The Balaban J connectivity index is 1.42. The summed E-state index contributed by atoms with van der Waals surface area (Å²) in [4.78, 5) is 4.87. The molecule has 0 aliphatic carbocycles. The van der Waals surface area contributed by atoms with Crippen LogP contribution in [0.2, 0.25) is 0 Å². The van der Waals surface area contributed by atoms with Crippen molar-refractivity contribution in [1.82, 2.24) is 10.2 Å². The first-order chi connectivity index (χ1) is 12.6. The minimum absolute atomic E-state index is 0.304. The van der Waals surface area contributed by atoms with Gasteiger partial charge in [-0.2, -0.15) is 0 Å². The van der Waals surface area contributed by atoms with Crippen LogP contribution in [0.5, 0.6) is 0 Å². The van der Waals surface area contributed by atoms with Gasteiger partial charge in [-0.1, -0.05) is 30.3 Å². The molecule has 1 saturated heterocycles. The molecule has 6 heteroatoms. The first kappa shape index (κ1) is 18.6. The molecule has 1 unspecified atom stereocenters. The maximum atomic E-state index is 13.7. The third kappa shape index (κ3) is 4.93. The molecule has 0 saturated carbocycles. The normalized spacial score (nSPS) is 16.2. The van der Waals surface area contributed by atoms with E-state index in [2.05, 4.69) is 51.6 Å². The van der Waals surface area contributed by atoms with Gasteiger partial charge in [-0.25, -0.2) is 4.39 Å². The molecule has 138 valence electrons. The van der Waals surface area contributed by atoms with Gasteiger partial charge in [0.15, 0.2) is 5.11 Å². The number of thiocarbonyl (C=S) groups is 1. The molecule has 0 radical (unpaired) electrons. The average Bonchev–Trinajstić information content (AvgIpc) is 2.69. The van der Waals surface area contributed by atoms with E-state index in [4.69, 9.17) is 12.2 Å². The Labute approximate surface area is 160 Å². The van der Waals surface area contributed by atoms with E-state index in [0.717, 1.165) is 32.7 Å². The fraction of sp³-hybridized carbons (Fsp3) is 0.350. The van der Waals surface area contributed by atoms with Gasteiger partial charge in [0.25, 0.3) is 0 Å². The Morgan fingerprint density at radius 2 is 1.69 bits per heavy atom. The number of hydrogen-bond donors (Lipinski definition) is 2. The number of anilines is 2. The van der Waals surface area contributed by atoms with Gasteiger partial charge >= 0.3 is 0 Å². The second-order valence-electron chi connectivity index (χ2n) is 6.52. The molecule has 1 atom stereocenters. The number of nitrogens with one attached hydrogen (secondary N) is 2. The summed E-state index contributed by atoms with van der Waals surface area (Å²) < 4.78 is 13.7. The summed E-state index contributed by atoms with van der Waals surface area (Å²) >= 11 is 5.28. The molecule has 2 aromatic carbocycles. The first-order valence-electron chi connectivity index (χ1n) is 8.97. The molecular formula is C20H25FN4S.